The Morgan fingerprint density at radius 1 is 1.14 bits per heavy atom. The number of carbonyl (C=O) groups is 1. The van der Waals surface area contributed by atoms with E-state index in [1.165, 1.54) is 5.56 Å². The van der Waals surface area contributed by atoms with Gasteiger partial charge < -0.3 is 10.6 Å². The molecule has 21 heavy (non-hydrogen) atoms. The fraction of sp³-hybridized carbons (Fsp3) is 0.250. The molecule has 0 aliphatic carbocycles. The molecule has 0 saturated heterocycles. The van der Waals surface area contributed by atoms with E-state index in [2.05, 4.69) is 22.5 Å². The van der Waals surface area contributed by atoms with Crippen LogP contribution in [0.15, 0.2) is 48.8 Å². The summed E-state index contributed by atoms with van der Waals surface area (Å²) < 4.78 is 0. The van der Waals surface area contributed by atoms with Gasteiger partial charge in [-0.2, -0.15) is 0 Å². The summed E-state index contributed by atoms with van der Waals surface area (Å²) in [7, 11) is 3.64. The van der Waals surface area contributed by atoms with Gasteiger partial charge in [-0.15, -0.1) is 0 Å². The molecule has 1 heterocycles. The molecule has 0 aliphatic rings. The van der Waals surface area contributed by atoms with Crippen molar-refractivity contribution in [3.8, 4) is 0 Å². The van der Waals surface area contributed by atoms with Crippen molar-refractivity contribution < 1.29 is 4.79 Å². The van der Waals surface area contributed by atoms with Crippen molar-refractivity contribution >= 4 is 17.4 Å². The molecular formula is C16H20N4O. The van der Waals surface area contributed by atoms with Gasteiger partial charge in [0, 0.05) is 36.9 Å². The second kappa shape index (κ2) is 6.85. The maximum absolute atomic E-state index is 12.2. The minimum Gasteiger partial charge on any atom is -0.313 e. The zero-order valence-corrected chi connectivity index (χ0v) is 12.5. The molecule has 0 radical (unpaired) electrons. The van der Waals surface area contributed by atoms with Crippen LogP contribution >= 0.6 is 0 Å². The van der Waals surface area contributed by atoms with Crippen LogP contribution in [0.5, 0.6) is 0 Å². The fourth-order valence-corrected chi connectivity index (χ4v) is 1.91. The first-order valence-electron chi connectivity index (χ1n) is 6.84. The van der Waals surface area contributed by atoms with E-state index >= 15 is 0 Å². The summed E-state index contributed by atoms with van der Waals surface area (Å²) in [6.07, 6.45) is 3.32. The molecular weight excluding hydrogens is 264 g/mol. The summed E-state index contributed by atoms with van der Waals surface area (Å²) >= 11 is 0. The number of benzene rings is 1. The smallest absolute Gasteiger partial charge is 0.313 e. The van der Waals surface area contributed by atoms with Gasteiger partial charge in [-0.3, -0.25) is 9.88 Å². The highest BCUT2D eigenvalue weighted by atomic mass is 16.2. The van der Waals surface area contributed by atoms with Crippen LogP contribution in [0.2, 0.25) is 0 Å². The monoisotopic (exact) mass is 284 g/mol. The molecule has 2 rings (SSSR count). The third-order valence-electron chi connectivity index (χ3n) is 3.45. The number of carbonyl (C=O) groups excluding carboxylic acids is 1. The van der Waals surface area contributed by atoms with Gasteiger partial charge in [0.1, 0.15) is 0 Å². The minimum atomic E-state index is -0.185. The van der Waals surface area contributed by atoms with Gasteiger partial charge in [-0.25, -0.2) is 4.79 Å². The topological polar surface area (TPSA) is 57.3 Å². The molecule has 5 nitrogen and oxygen atoms in total. The molecule has 0 spiro atoms. The molecule has 1 aromatic heterocycles. The maximum Gasteiger partial charge on any atom is 0.326 e. The average Bonchev–Trinajstić information content (AvgIpc) is 2.55. The lowest BCUT2D eigenvalue weighted by molar-refractivity contribution is 0.258. The largest absolute Gasteiger partial charge is 0.326 e. The van der Waals surface area contributed by atoms with Gasteiger partial charge in [0.05, 0.1) is 0 Å². The zero-order valence-electron chi connectivity index (χ0n) is 12.5. The van der Waals surface area contributed by atoms with Gasteiger partial charge in [-0.05, 0) is 43.8 Å². The molecule has 0 aliphatic heterocycles. The number of hydrogen-bond donors (Lipinski definition) is 2. The fourth-order valence-electron chi connectivity index (χ4n) is 1.91. The van der Waals surface area contributed by atoms with Crippen LogP contribution in [0.1, 0.15) is 18.5 Å². The number of nitrogens with zero attached hydrogens (tertiary/aromatic N) is 2. The van der Waals surface area contributed by atoms with Crippen molar-refractivity contribution in [1.82, 2.24) is 10.3 Å². The lowest BCUT2D eigenvalue weighted by Crippen LogP contribution is -2.31. The zero-order chi connectivity index (χ0) is 15.2. The third kappa shape index (κ3) is 3.79. The second-order valence-electron chi connectivity index (χ2n) is 4.83. The van der Waals surface area contributed by atoms with Crippen molar-refractivity contribution in [3.05, 3.63) is 54.4 Å². The van der Waals surface area contributed by atoms with Crippen LogP contribution in [-0.4, -0.2) is 25.1 Å². The Kier molecular flexibility index (Phi) is 4.90. The van der Waals surface area contributed by atoms with E-state index in [0.29, 0.717) is 0 Å². The maximum atomic E-state index is 12.2. The molecule has 1 aromatic carbocycles. The predicted molar refractivity (Wildman–Crippen MR) is 85.6 cm³/mol. The Hall–Kier alpha value is -2.40. The van der Waals surface area contributed by atoms with Crippen LogP contribution in [0.3, 0.4) is 0 Å². The van der Waals surface area contributed by atoms with E-state index in [1.54, 1.807) is 36.5 Å². The number of rotatable bonds is 4. The highest BCUT2D eigenvalue weighted by Crippen LogP contribution is 2.17. The first-order chi connectivity index (χ1) is 10.1. The van der Waals surface area contributed by atoms with Crippen molar-refractivity contribution in [3.63, 3.8) is 0 Å². The summed E-state index contributed by atoms with van der Waals surface area (Å²) in [6, 6.07) is 11.5. The summed E-state index contributed by atoms with van der Waals surface area (Å²) in [5, 5.41) is 6.05. The van der Waals surface area contributed by atoms with E-state index in [9.17, 15) is 4.79 Å². The van der Waals surface area contributed by atoms with Crippen LogP contribution in [0, 0.1) is 0 Å². The number of nitrogens with one attached hydrogen (secondary N) is 2. The Balaban J connectivity index is 2.03. The van der Waals surface area contributed by atoms with E-state index in [4.69, 9.17) is 0 Å². The quantitative estimate of drug-likeness (QED) is 0.907. The van der Waals surface area contributed by atoms with E-state index in [1.807, 2.05) is 31.3 Å². The van der Waals surface area contributed by atoms with Crippen molar-refractivity contribution in [2.45, 2.75) is 13.0 Å². The minimum absolute atomic E-state index is 0.185. The van der Waals surface area contributed by atoms with Crippen molar-refractivity contribution in [2.75, 3.05) is 24.3 Å². The molecule has 2 N–H and O–H groups in total. The number of anilines is 2. The Morgan fingerprint density at radius 2 is 1.76 bits per heavy atom. The number of amides is 2. The van der Waals surface area contributed by atoms with E-state index in [-0.39, 0.29) is 12.1 Å². The molecule has 1 unspecified atom stereocenters. The van der Waals surface area contributed by atoms with Crippen LogP contribution in [-0.2, 0) is 0 Å². The number of hydrogen-bond acceptors (Lipinski definition) is 3. The standard InChI is InChI=1S/C16H20N4O/c1-12(17-2)13-4-6-14(7-5-13)19-16(21)20(3)15-8-10-18-11-9-15/h4-12,17H,1-3H3,(H,19,21). The molecule has 0 bridgehead atoms. The first-order valence-corrected chi connectivity index (χ1v) is 6.84. The van der Waals surface area contributed by atoms with Crippen molar-refractivity contribution in [2.24, 2.45) is 0 Å². The Labute approximate surface area is 125 Å². The lowest BCUT2D eigenvalue weighted by Gasteiger charge is -2.18. The second-order valence-corrected chi connectivity index (χ2v) is 4.83. The van der Waals surface area contributed by atoms with Gasteiger partial charge in [-0.1, -0.05) is 12.1 Å². The third-order valence-corrected chi connectivity index (χ3v) is 3.45. The molecule has 5 heteroatoms. The van der Waals surface area contributed by atoms with E-state index in [0.717, 1.165) is 11.4 Å². The highest BCUT2D eigenvalue weighted by molar-refractivity contribution is 6.01. The molecule has 0 saturated carbocycles. The average molecular weight is 284 g/mol. The molecule has 2 aromatic rings. The summed E-state index contributed by atoms with van der Waals surface area (Å²) in [5.74, 6) is 0. The molecule has 110 valence electrons. The normalized spacial score (nSPS) is 11.8. The predicted octanol–water partition coefficient (Wildman–Crippen LogP) is 3.03. The molecule has 1 atom stereocenters. The summed E-state index contributed by atoms with van der Waals surface area (Å²) in [5.41, 5.74) is 2.74. The molecule has 0 fully saturated rings. The van der Waals surface area contributed by atoms with Crippen molar-refractivity contribution in [1.29, 1.82) is 0 Å². The Bertz CT molecular complexity index is 583. The van der Waals surface area contributed by atoms with Crippen LogP contribution < -0.4 is 15.5 Å². The first kappa shape index (κ1) is 15.0. The van der Waals surface area contributed by atoms with Gasteiger partial charge in [0.2, 0.25) is 0 Å². The van der Waals surface area contributed by atoms with Crippen LogP contribution in [0.4, 0.5) is 16.2 Å². The number of pyridine rings is 1. The summed E-state index contributed by atoms with van der Waals surface area (Å²) in [4.78, 5) is 17.7. The van der Waals surface area contributed by atoms with Gasteiger partial charge >= 0.3 is 6.03 Å². The van der Waals surface area contributed by atoms with E-state index < -0.39 is 0 Å². The molecule has 2 amide bonds. The van der Waals surface area contributed by atoms with Gasteiger partial charge in [0.25, 0.3) is 0 Å². The van der Waals surface area contributed by atoms with Crippen LogP contribution in [0.25, 0.3) is 0 Å². The SMILES string of the molecule is CNC(C)c1ccc(NC(=O)N(C)c2ccncc2)cc1. The summed E-state index contributed by atoms with van der Waals surface area (Å²) in [6.45, 7) is 2.09. The number of aromatic nitrogens is 1. The lowest BCUT2D eigenvalue weighted by atomic mass is 10.1. The Morgan fingerprint density at radius 3 is 2.33 bits per heavy atom. The number of urea groups is 1. The van der Waals surface area contributed by atoms with Gasteiger partial charge in [0.15, 0.2) is 0 Å². The highest BCUT2D eigenvalue weighted by Gasteiger charge is 2.11.